The van der Waals surface area contributed by atoms with Crippen LogP contribution in [0.1, 0.15) is 71.1 Å². The van der Waals surface area contributed by atoms with Gasteiger partial charge in [0, 0.05) is 11.5 Å². The summed E-state index contributed by atoms with van der Waals surface area (Å²) in [6.45, 7) is 9.26. The molecule has 0 aromatic heterocycles. The van der Waals surface area contributed by atoms with Crippen molar-refractivity contribution in [2.45, 2.75) is 90.8 Å². The standard InChI is InChI=1S/C20H34OSi/c1-5-6-7-8-9-10-11-13-17-16-14-12-15-18(16)20(19(17)21)22(2,3)4/h13,16H,5-12,14-15H2,1-4H3/b17-13-/t16-/m1/s1. The minimum atomic E-state index is -1.50. The van der Waals surface area contributed by atoms with E-state index in [4.69, 9.17) is 0 Å². The molecule has 0 N–H and O–H groups in total. The molecule has 0 amide bonds. The van der Waals surface area contributed by atoms with Gasteiger partial charge >= 0.3 is 0 Å². The first-order valence-corrected chi connectivity index (χ1v) is 12.9. The van der Waals surface area contributed by atoms with Crippen LogP contribution in [-0.2, 0) is 4.79 Å². The first-order valence-electron chi connectivity index (χ1n) is 9.45. The molecule has 0 unspecified atom stereocenters. The van der Waals surface area contributed by atoms with Crippen LogP contribution in [0.3, 0.4) is 0 Å². The Bertz CT molecular complexity index is 465. The maximum Gasteiger partial charge on any atom is 0.181 e. The Kier molecular flexibility index (Phi) is 6.25. The van der Waals surface area contributed by atoms with Crippen molar-refractivity contribution in [1.82, 2.24) is 0 Å². The maximum atomic E-state index is 12.9. The summed E-state index contributed by atoms with van der Waals surface area (Å²) in [4.78, 5) is 12.9. The smallest absolute Gasteiger partial charge is 0.181 e. The van der Waals surface area contributed by atoms with Crippen molar-refractivity contribution >= 4 is 13.9 Å². The number of carbonyl (C=O) groups is 1. The second kappa shape index (κ2) is 7.76. The second-order valence-electron chi connectivity index (χ2n) is 8.14. The average Bonchev–Trinajstić information content (AvgIpc) is 2.98. The Labute approximate surface area is 138 Å². The fourth-order valence-corrected chi connectivity index (χ4v) is 6.26. The van der Waals surface area contributed by atoms with Crippen molar-refractivity contribution in [3.63, 3.8) is 0 Å². The summed E-state index contributed by atoms with van der Waals surface area (Å²) in [7, 11) is -1.50. The summed E-state index contributed by atoms with van der Waals surface area (Å²) in [6, 6.07) is 0. The average molecular weight is 319 g/mol. The van der Waals surface area contributed by atoms with Crippen LogP contribution >= 0.6 is 0 Å². The molecular formula is C20H34OSi. The predicted molar refractivity (Wildman–Crippen MR) is 98.8 cm³/mol. The predicted octanol–water partition coefficient (Wildman–Crippen LogP) is 6.22. The molecule has 1 saturated carbocycles. The third-order valence-corrected chi connectivity index (χ3v) is 7.27. The zero-order chi connectivity index (χ0) is 16.2. The van der Waals surface area contributed by atoms with Crippen LogP contribution in [0.25, 0.3) is 0 Å². The Morgan fingerprint density at radius 1 is 1.09 bits per heavy atom. The largest absolute Gasteiger partial charge is 0.290 e. The first-order chi connectivity index (χ1) is 10.5. The van der Waals surface area contributed by atoms with E-state index in [1.807, 2.05) is 0 Å². The van der Waals surface area contributed by atoms with E-state index >= 15 is 0 Å². The minimum absolute atomic E-state index is 0.435. The molecule has 2 heteroatoms. The molecule has 0 radical (unpaired) electrons. The van der Waals surface area contributed by atoms with Gasteiger partial charge in [0.25, 0.3) is 0 Å². The molecule has 22 heavy (non-hydrogen) atoms. The maximum absolute atomic E-state index is 12.9. The lowest BCUT2D eigenvalue weighted by atomic mass is 9.97. The molecule has 0 saturated heterocycles. The molecule has 2 aliphatic carbocycles. The van der Waals surface area contributed by atoms with Crippen molar-refractivity contribution in [1.29, 1.82) is 0 Å². The number of carbonyl (C=O) groups excluding carboxylic acids is 1. The SMILES string of the molecule is CCCCCCCC/C=C1\C(=O)C([Si](C)(C)C)=C2CCC[C@@H]21. The molecule has 124 valence electrons. The van der Waals surface area contributed by atoms with Crippen LogP contribution in [-0.4, -0.2) is 13.9 Å². The molecule has 0 heterocycles. The van der Waals surface area contributed by atoms with Gasteiger partial charge in [0.15, 0.2) is 5.78 Å². The van der Waals surface area contributed by atoms with Crippen molar-refractivity contribution in [2.24, 2.45) is 5.92 Å². The Balaban J connectivity index is 1.93. The van der Waals surface area contributed by atoms with Crippen molar-refractivity contribution in [3.8, 4) is 0 Å². The van der Waals surface area contributed by atoms with Crippen molar-refractivity contribution in [3.05, 3.63) is 22.4 Å². The highest BCUT2D eigenvalue weighted by Crippen LogP contribution is 2.47. The molecule has 2 aliphatic rings. The van der Waals surface area contributed by atoms with E-state index in [2.05, 4.69) is 32.6 Å². The van der Waals surface area contributed by atoms with E-state index in [-0.39, 0.29) is 0 Å². The van der Waals surface area contributed by atoms with Gasteiger partial charge in [-0.1, -0.05) is 70.3 Å². The van der Waals surface area contributed by atoms with Gasteiger partial charge in [0.1, 0.15) is 0 Å². The first kappa shape index (κ1) is 17.7. The molecule has 1 atom stereocenters. The van der Waals surface area contributed by atoms with Crippen LogP contribution in [0.5, 0.6) is 0 Å². The van der Waals surface area contributed by atoms with Crippen LogP contribution in [0.4, 0.5) is 0 Å². The zero-order valence-corrected chi connectivity index (χ0v) is 16.1. The highest BCUT2D eigenvalue weighted by molar-refractivity contribution is 6.88. The summed E-state index contributed by atoms with van der Waals surface area (Å²) in [5.41, 5.74) is 2.72. The summed E-state index contributed by atoms with van der Waals surface area (Å²) in [6.07, 6.45) is 15.1. The number of ketones is 1. The van der Waals surface area contributed by atoms with Gasteiger partial charge in [-0.15, -0.1) is 0 Å². The molecule has 1 fully saturated rings. The highest BCUT2D eigenvalue weighted by atomic mass is 28.3. The van der Waals surface area contributed by atoms with Crippen LogP contribution in [0.2, 0.25) is 19.6 Å². The highest BCUT2D eigenvalue weighted by Gasteiger charge is 2.43. The van der Waals surface area contributed by atoms with E-state index in [1.54, 1.807) is 5.57 Å². The van der Waals surface area contributed by atoms with E-state index in [9.17, 15) is 4.79 Å². The number of rotatable bonds is 8. The van der Waals surface area contributed by atoms with Crippen LogP contribution in [0.15, 0.2) is 22.4 Å². The number of hydrogen-bond acceptors (Lipinski definition) is 1. The molecule has 0 aliphatic heterocycles. The molecular weight excluding hydrogens is 284 g/mol. The molecule has 0 bridgehead atoms. The van der Waals surface area contributed by atoms with Crippen molar-refractivity contribution in [2.75, 3.05) is 0 Å². The van der Waals surface area contributed by atoms with Gasteiger partial charge in [-0.25, -0.2) is 0 Å². The van der Waals surface area contributed by atoms with Gasteiger partial charge in [-0.3, -0.25) is 4.79 Å². The number of allylic oxidation sites excluding steroid dienone is 4. The quantitative estimate of drug-likeness (QED) is 0.295. The minimum Gasteiger partial charge on any atom is -0.290 e. The van der Waals surface area contributed by atoms with Crippen LogP contribution < -0.4 is 0 Å². The van der Waals surface area contributed by atoms with Gasteiger partial charge in [0.2, 0.25) is 0 Å². The Hall–Kier alpha value is -0.633. The lowest BCUT2D eigenvalue weighted by Crippen LogP contribution is -2.28. The Morgan fingerprint density at radius 2 is 1.77 bits per heavy atom. The van der Waals surface area contributed by atoms with E-state index in [0.29, 0.717) is 11.7 Å². The number of Topliss-reactive ketones (excluding diaryl/α,β-unsaturated/α-hetero) is 1. The lowest BCUT2D eigenvalue weighted by Gasteiger charge is -2.18. The Morgan fingerprint density at radius 3 is 2.45 bits per heavy atom. The summed E-state index contributed by atoms with van der Waals surface area (Å²) >= 11 is 0. The molecule has 0 spiro atoms. The monoisotopic (exact) mass is 318 g/mol. The van der Waals surface area contributed by atoms with E-state index in [1.165, 1.54) is 68.6 Å². The summed E-state index contributed by atoms with van der Waals surface area (Å²) < 4.78 is 0. The van der Waals surface area contributed by atoms with Gasteiger partial charge in [-0.2, -0.15) is 0 Å². The number of fused-ring (bicyclic) bond motifs is 1. The lowest BCUT2D eigenvalue weighted by molar-refractivity contribution is -0.111. The van der Waals surface area contributed by atoms with Crippen LogP contribution in [0, 0.1) is 5.92 Å². The molecule has 0 aromatic rings. The van der Waals surface area contributed by atoms with Gasteiger partial charge < -0.3 is 0 Å². The topological polar surface area (TPSA) is 17.1 Å². The van der Waals surface area contributed by atoms with E-state index in [0.717, 1.165) is 6.42 Å². The fraction of sp³-hybridized carbons (Fsp3) is 0.750. The molecule has 2 rings (SSSR count). The normalized spacial score (nSPS) is 23.7. The van der Waals surface area contributed by atoms with E-state index < -0.39 is 8.07 Å². The molecule has 1 nitrogen and oxygen atoms in total. The fourth-order valence-electron chi connectivity index (χ4n) is 4.18. The molecule has 0 aromatic carbocycles. The number of hydrogen-bond donors (Lipinski definition) is 0. The summed E-state index contributed by atoms with van der Waals surface area (Å²) in [5.74, 6) is 0.944. The van der Waals surface area contributed by atoms with Gasteiger partial charge in [0.05, 0.1) is 8.07 Å². The second-order valence-corrected chi connectivity index (χ2v) is 13.1. The summed E-state index contributed by atoms with van der Waals surface area (Å²) in [5, 5.41) is 1.28. The number of unbranched alkanes of at least 4 members (excludes halogenated alkanes) is 6. The third-order valence-electron chi connectivity index (χ3n) is 5.22. The zero-order valence-electron chi connectivity index (χ0n) is 15.1. The van der Waals surface area contributed by atoms with Gasteiger partial charge in [-0.05, 0) is 37.3 Å². The third kappa shape index (κ3) is 4.01. The van der Waals surface area contributed by atoms with Crippen molar-refractivity contribution < 1.29 is 4.79 Å².